The van der Waals surface area contributed by atoms with Crippen molar-refractivity contribution in [1.29, 1.82) is 0 Å². The summed E-state index contributed by atoms with van der Waals surface area (Å²) in [6.45, 7) is 1.84. The molecule has 0 aromatic heterocycles. The van der Waals surface area contributed by atoms with Crippen molar-refractivity contribution >= 4 is 21.7 Å². The summed E-state index contributed by atoms with van der Waals surface area (Å²) in [4.78, 5) is 2.44. The Hall–Kier alpha value is -1.98. The minimum atomic E-state index is -5.29. The number of guanidine groups is 1. The molecular formula is C12H11F6N3O2S. The van der Waals surface area contributed by atoms with Crippen LogP contribution in [0.15, 0.2) is 22.0 Å². The average molecular weight is 375 g/mol. The monoisotopic (exact) mass is 375 g/mol. The van der Waals surface area contributed by atoms with Gasteiger partial charge in [-0.3, -0.25) is 4.99 Å². The summed E-state index contributed by atoms with van der Waals surface area (Å²) in [5.41, 5.74) is -4.35. The van der Waals surface area contributed by atoms with Gasteiger partial charge >= 0.3 is 12.4 Å². The lowest BCUT2D eigenvalue weighted by atomic mass is 10.1. The molecule has 0 bridgehead atoms. The first kappa shape index (κ1) is 18.4. The molecule has 0 unspecified atom stereocenters. The second-order valence-corrected chi connectivity index (χ2v) is 6.48. The number of alkyl halides is 6. The second kappa shape index (κ2) is 5.83. The predicted molar refractivity (Wildman–Crippen MR) is 73.0 cm³/mol. The second-order valence-electron chi connectivity index (χ2n) is 4.86. The molecule has 0 atom stereocenters. The summed E-state index contributed by atoms with van der Waals surface area (Å²) in [7, 11) is -4.73. The number of halogens is 6. The van der Waals surface area contributed by atoms with E-state index in [9.17, 15) is 34.8 Å². The van der Waals surface area contributed by atoms with Gasteiger partial charge in [-0.25, -0.2) is 13.1 Å². The third kappa shape index (κ3) is 3.57. The average Bonchev–Trinajstić information content (AvgIpc) is 2.41. The van der Waals surface area contributed by atoms with Gasteiger partial charge in [-0.1, -0.05) is 6.92 Å². The molecule has 1 aliphatic rings. The SMILES string of the molecule is CCCN=C1Nc2cc(C(F)(F)F)cc(C(F)(F)F)c2S(=O)(=O)N1. The summed E-state index contributed by atoms with van der Waals surface area (Å²) < 4.78 is 104. The van der Waals surface area contributed by atoms with E-state index in [1.165, 1.54) is 0 Å². The lowest BCUT2D eigenvalue weighted by Crippen LogP contribution is -2.42. The topological polar surface area (TPSA) is 70.6 Å². The molecule has 1 aromatic rings. The van der Waals surface area contributed by atoms with Crippen LogP contribution in [-0.4, -0.2) is 20.9 Å². The van der Waals surface area contributed by atoms with Crippen molar-refractivity contribution in [2.24, 2.45) is 4.99 Å². The van der Waals surface area contributed by atoms with Crippen LogP contribution in [0.4, 0.5) is 32.0 Å². The number of fused-ring (bicyclic) bond motifs is 1. The van der Waals surface area contributed by atoms with Gasteiger partial charge in [0.25, 0.3) is 10.0 Å². The van der Waals surface area contributed by atoms with E-state index in [1.54, 1.807) is 11.6 Å². The van der Waals surface area contributed by atoms with Crippen LogP contribution in [0.2, 0.25) is 0 Å². The summed E-state index contributed by atoms with van der Waals surface area (Å²) in [5, 5.41) is 2.17. The van der Waals surface area contributed by atoms with Gasteiger partial charge in [-0.05, 0) is 18.6 Å². The molecule has 5 nitrogen and oxygen atoms in total. The van der Waals surface area contributed by atoms with E-state index in [0.717, 1.165) is 0 Å². The number of aliphatic imine (C=N–C) groups is 1. The van der Waals surface area contributed by atoms with E-state index in [2.05, 4.69) is 10.3 Å². The highest BCUT2D eigenvalue weighted by Crippen LogP contribution is 2.43. The molecule has 2 N–H and O–H groups in total. The van der Waals surface area contributed by atoms with Gasteiger partial charge in [0.15, 0.2) is 0 Å². The van der Waals surface area contributed by atoms with Crippen LogP contribution in [0.25, 0.3) is 0 Å². The van der Waals surface area contributed by atoms with Gasteiger partial charge in [-0.2, -0.15) is 26.3 Å². The highest BCUT2D eigenvalue weighted by molar-refractivity contribution is 7.90. The molecule has 1 aromatic carbocycles. The molecule has 0 spiro atoms. The lowest BCUT2D eigenvalue weighted by molar-refractivity contribution is -0.144. The molecule has 0 amide bonds. The first-order valence-corrected chi connectivity index (χ1v) is 8.01. The fourth-order valence-electron chi connectivity index (χ4n) is 2.01. The van der Waals surface area contributed by atoms with Crippen LogP contribution in [0, 0.1) is 0 Å². The highest BCUT2D eigenvalue weighted by atomic mass is 32.2. The van der Waals surface area contributed by atoms with Gasteiger partial charge < -0.3 is 5.32 Å². The van der Waals surface area contributed by atoms with E-state index >= 15 is 0 Å². The summed E-state index contributed by atoms with van der Waals surface area (Å²) in [6, 6.07) is 0.0817. The molecule has 0 saturated heterocycles. The number of nitrogens with one attached hydrogen (secondary N) is 2. The van der Waals surface area contributed by atoms with Crippen LogP contribution in [0.3, 0.4) is 0 Å². The summed E-state index contributed by atoms with van der Waals surface area (Å²) >= 11 is 0. The molecule has 0 radical (unpaired) electrons. The quantitative estimate of drug-likeness (QED) is 0.780. The molecule has 0 fully saturated rings. The molecule has 0 aliphatic carbocycles. The number of anilines is 1. The zero-order chi connectivity index (χ0) is 18.3. The number of sulfonamides is 1. The third-order valence-corrected chi connectivity index (χ3v) is 4.41. The fourth-order valence-corrected chi connectivity index (χ4v) is 3.35. The molecular weight excluding hydrogens is 364 g/mol. The Labute approximate surface area is 132 Å². The smallest absolute Gasteiger partial charge is 0.324 e. The van der Waals surface area contributed by atoms with Gasteiger partial charge in [0, 0.05) is 6.54 Å². The van der Waals surface area contributed by atoms with E-state index in [-0.39, 0.29) is 12.6 Å². The Bertz CT molecular complexity index is 783. The van der Waals surface area contributed by atoms with Crippen molar-refractivity contribution < 1.29 is 34.8 Å². The molecule has 134 valence electrons. The third-order valence-electron chi connectivity index (χ3n) is 2.97. The molecule has 0 saturated carbocycles. The Balaban J connectivity index is 2.75. The Morgan fingerprint density at radius 3 is 2.21 bits per heavy atom. The van der Waals surface area contributed by atoms with Crippen molar-refractivity contribution in [3.63, 3.8) is 0 Å². The zero-order valence-corrected chi connectivity index (χ0v) is 12.8. The first-order valence-electron chi connectivity index (χ1n) is 6.53. The van der Waals surface area contributed by atoms with Crippen molar-refractivity contribution in [2.45, 2.75) is 30.6 Å². The maximum absolute atomic E-state index is 13.1. The normalized spacial score (nSPS) is 18.7. The first-order chi connectivity index (χ1) is 10.9. The van der Waals surface area contributed by atoms with E-state index in [4.69, 9.17) is 0 Å². The number of hydrogen-bond acceptors (Lipinski definition) is 3. The number of hydrogen-bond donors (Lipinski definition) is 2. The van der Waals surface area contributed by atoms with Crippen molar-refractivity contribution in [3.05, 3.63) is 23.3 Å². The fraction of sp³-hybridized carbons (Fsp3) is 0.417. The van der Waals surface area contributed by atoms with Crippen LogP contribution in [-0.2, 0) is 22.4 Å². The summed E-state index contributed by atoms with van der Waals surface area (Å²) in [5.74, 6) is -0.434. The number of benzene rings is 1. The highest BCUT2D eigenvalue weighted by Gasteiger charge is 2.44. The Morgan fingerprint density at radius 2 is 1.71 bits per heavy atom. The van der Waals surface area contributed by atoms with Crippen LogP contribution in [0.1, 0.15) is 24.5 Å². The minimum absolute atomic E-state index is 0.130. The van der Waals surface area contributed by atoms with E-state index in [0.29, 0.717) is 12.5 Å². The Morgan fingerprint density at radius 1 is 1.08 bits per heavy atom. The van der Waals surface area contributed by atoms with Crippen molar-refractivity contribution in [3.8, 4) is 0 Å². The van der Waals surface area contributed by atoms with Crippen molar-refractivity contribution in [1.82, 2.24) is 4.72 Å². The molecule has 1 aliphatic heterocycles. The van der Waals surface area contributed by atoms with Gasteiger partial charge in [0.05, 0.1) is 16.8 Å². The van der Waals surface area contributed by atoms with Crippen LogP contribution < -0.4 is 10.0 Å². The van der Waals surface area contributed by atoms with Crippen LogP contribution >= 0.6 is 0 Å². The molecule has 24 heavy (non-hydrogen) atoms. The number of rotatable bonds is 2. The maximum atomic E-state index is 13.1. The van der Waals surface area contributed by atoms with E-state index in [1.807, 2.05) is 0 Å². The molecule has 2 rings (SSSR count). The van der Waals surface area contributed by atoms with Gasteiger partial charge in [-0.15, -0.1) is 0 Å². The predicted octanol–water partition coefficient (Wildman–Crippen LogP) is 3.19. The molecule has 12 heteroatoms. The molecule has 1 heterocycles. The number of nitrogens with zero attached hydrogens (tertiary/aromatic N) is 1. The van der Waals surface area contributed by atoms with Crippen molar-refractivity contribution in [2.75, 3.05) is 11.9 Å². The van der Waals surface area contributed by atoms with Gasteiger partial charge in [0.2, 0.25) is 5.96 Å². The summed E-state index contributed by atoms with van der Waals surface area (Å²) in [6.07, 6.45) is -9.87. The lowest BCUT2D eigenvalue weighted by Gasteiger charge is -2.25. The minimum Gasteiger partial charge on any atom is -0.324 e. The standard InChI is InChI=1S/C12H11F6N3O2S/c1-2-3-19-10-20-8-5-6(11(13,14)15)4-7(12(16,17)18)9(8)24(22,23)21-10/h4-5H,2-3H2,1H3,(H2,19,20,21). The Kier molecular flexibility index (Phi) is 4.46. The van der Waals surface area contributed by atoms with Crippen LogP contribution in [0.5, 0.6) is 0 Å². The maximum Gasteiger partial charge on any atom is 0.417 e. The largest absolute Gasteiger partial charge is 0.417 e. The van der Waals surface area contributed by atoms with Gasteiger partial charge in [0.1, 0.15) is 4.90 Å². The zero-order valence-electron chi connectivity index (χ0n) is 12.0. The van der Waals surface area contributed by atoms with E-state index < -0.39 is 50.0 Å².